The van der Waals surface area contributed by atoms with E-state index < -0.39 is 0 Å². The molecule has 5 aliphatic rings. The molecule has 0 bridgehead atoms. The molecule has 1 heterocycles. The Balaban J connectivity index is 1.39. The number of amidine groups is 1. The minimum Gasteiger partial charge on any atom is -0.393 e. The molecule has 192 valence electrons. The molecule has 1 unspecified atom stereocenters. The van der Waals surface area contributed by atoms with Gasteiger partial charge in [-0.2, -0.15) is 4.99 Å². The van der Waals surface area contributed by atoms with Gasteiger partial charge in [-0.25, -0.2) is 5.48 Å². The van der Waals surface area contributed by atoms with Gasteiger partial charge in [0.15, 0.2) is 0 Å². The molecule has 6 nitrogen and oxygen atoms in total. The molecule has 5 rings (SSSR count). The fourth-order valence-electron chi connectivity index (χ4n) is 10.0. The van der Waals surface area contributed by atoms with Gasteiger partial charge in [0, 0.05) is 6.42 Å². The van der Waals surface area contributed by atoms with Crippen LogP contribution in [0.1, 0.15) is 85.5 Å². The first-order chi connectivity index (χ1) is 16.1. The lowest BCUT2D eigenvalue weighted by molar-refractivity contribution is -0.203. The molecule has 0 saturated heterocycles. The number of rotatable bonds is 5. The molecular weight excluding hydrogens is 428 g/mol. The summed E-state index contributed by atoms with van der Waals surface area (Å²) in [5.41, 5.74) is 3.09. The average Bonchev–Trinajstić information content (AvgIpc) is 3.32. The summed E-state index contributed by atoms with van der Waals surface area (Å²) in [7, 11) is 0. The summed E-state index contributed by atoms with van der Waals surface area (Å²) in [5, 5.41) is 33.7. The van der Waals surface area contributed by atoms with Gasteiger partial charge in [0.1, 0.15) is 5.84 Å². The smallest absolute Gasteiger partial charge is 0.240 e. The number of nitrogens with one attached hydrogen (secondary N) is 1. The van der Waals surface area contributed by atoms with E-state index in [-0.39, 0.29) is 46.9 Å². The summed E-state index contributed by atoms with van der Waals surface area (Å²) in [6, 6.07) is 0. The van der Waals surface area contributed by atoms with Gasteiger partial charge in [0.25, 0.3) is 0 Å². The molecule has 0 spiro atoms. The van der Waals surface area contributed by atoms with Crippen molar-refractivity contribution in [2.75, 3.05) is 0 Å². The molecule has 0 amide bonds. The maximum atomic E-state index is 11.8. The molecule has 1 aliphatic heterocycles. The lowest BCUT2D eigenvalue weighted by Crippen LogP contribution is -2.62. The summed E-state index contributed by atoms with van der Waals surface area (Å²) < 4.78 is 0. The van der Waals surface area contributed by atoms with E-state index in [9.17, 15) is 15.3 Å². The van der Waals surface area contributed by atoms with E-state index in [0.29, 0.717) is 29.6 Å². The number of aliphatic hydroxyl groups is 3. The van der Waals surface area contributed by atoms with E-state index in [1.54, 1.807) is 0 Å². The first-order valence-corrected chi connectivity index (χ1v) is 13.8. The van der Waals surface area contributed by atoms with Crippen LogP contribution in [0.15, 0.2) is 17.5 Å². The number of hydrogen-bond acceptors (Lipinski definition) is 6. The van der Waals surface area contributed by atoms with Crippen molar-refractivity contribution in [3.8, 4) is 0 Å². The van der Waals surface area contributed by atoms with Gasteiger partial charge in [0.05, 0.1) is 18.3 Å². The molecule has 4 N–H and O–H groups in total. The zero-order valence-corrected chi connectivity index (χ0v) is 21.5. The summed E-state index contributed by atoms with van der Waals surface area (Å²) in [5.74, 6) is 3.57. The Kier molecular flexibility index (Phi) is 6.34. The van der Waals surface area contributed by atoms with E-state index in [1.807, 2.05) is 0 Å². The number of nitrogens with zero attached hydrogens (tertiary/aromatic N) is 1. The molecule has 34 heavy (non-hydrogen) atoms. The largest absolute Gasteiger partial charge is 0.393 e. The molecule has 6 heteroatoms. The zero-order chi connectivity index (χ0) is 24.4. The second kappa shape index (κ2) is 8.77. The first kappa shape index (κ1) is 24.6. The lowest BCUT2D eigenvalue weighted by atomic mass is 9.41. The summed E-state index contributed by atoms with van der Waals surface area (Å²) >= 11 is 0. The number of aliphatic imine (C=N–C) groups is 1. The van der Waals surface area contributed by atoms with Gasteiger partial charge >= 0.3 is 0 Å². The van der Waals surface area contributed by atoms with Crippen LogP contribution < -0.4 is 5.48 Å². The van der Waals surface area contributed by atoms with Crippen molar-refractivity contribution in [3.63, 3.8) is 0 Å². The summed E-state index contributed by atoms with van der Waals surface area (Å²) in [6.45, 7) is 13.1. The van der Waals surface area contributed by atoms with E-state index in [4.69, 9.17) is 4.84 Å². The average molecular weight is 475 g/mol. The highest BCUT2D eigenvalue weighted by Crippen LogP contribution is 2.69. The highest BCUT2D eigenvalue weighted by atomic mass is 16.7. The Morgan fingerprint density at radius 1 is 1.09 bits per heavy atom. The van der Waals surface area contributed by atoms with Crippen molar-refractivity contribution < 1.29 is 20.2 Å². The van der Waals surface area contributed by atoms with Gasteiger partial charge in [-0.05, 0) is 104 Å². The second-order valence-electron chi connectivity index (χ2n) is 12.9. The van der Waals surface area contributed by atoms with Gasteiger partial charge in [0.2, 0.25) is 5.88 Å². The zero-order valence-electron chi connectivity index (χ0n) is 21.5. The minimum atomic E-state index is -0.329. The van der Waals surface area contributed by atoms with Crippen molar-refractivity contribution >= 4 is 5.84 Å². The maximum Gasteiger partial charge on any atom is 0.240 e. The highest BCUT2D eigenvalue weighted by molar-refractivity contribution is 5.83. The monoisotopic (exact) mass is 474 g/mol. The molecule has 12 atom stereocenters. The highest BCUT2D eigenvalue weighted by Gasteiger charge is 2.66. The molecule has 0 aromatic rings. The van der Waals surface area contributed by atoms with Crippen LogP contribution in [0, 0.1) is 52.3 Å². The normalized spacial score (nSPS) is 51.0. The maximum absolute atomic E-state index is 11.8. The van der Waals surface area contributed by atoms with Crippen LogP contribution in [0.25, 0.3) is 0 Å². The fourth-order valence-corrected chi connectivity index (χ4v) is 10.0. The van der Waals surface area contributed by atoms with Crippen molar-refractivity contribution in [2.24, 2.45) is 57.2 Å². The van der Waals surface area contributed by atoms with Crippen LogP contribution in [0.2, 0.25) is 0 Å². The number of hydrogen-bond donors (Lipinski definition) is 4. The molecule has 0 aromatic heterocycles. The second-order valence-corrected chi connectivity index (χ2v) is 12.9. The van der Waals surface area contributed by atoms with E-state index >= 15 is 0 Å². The SMILES string of the molecule is C=C1N=C(CC[C@@H](C)[C@H]2[C@@H](O)C[C@H]3[C@H]4C(CC[C@]23C)[C@@]2(C)CC[C@@H](O)C[C@H]2[C@@H](CC)[C@H]4O)NO1. The van der Waals surface area contributed by atoms with Crippen LogP contribution >= 0.6 is 0 Å². The predicted molar refractivity (Wildman–Crippen MR) is 132 cm³/mol. The number of fused-ring (bicyclic) bond motifs is 5. The molecule has 0 radical (unpaired) electrons. The predicted octanol–water partition coefficient (Wildman–Crippen LogP) is 4.40. The summed E-state index contributed by atoms with van der Waals surface area (Å²) in [4.78, 5) is 9.47. The number of aliphatic hydroxyl groups excluding tert-OH is 3. The van der Waals surface area contributed by atoms with Crippen molar-refractivity contribution in [1.82, 2.24) is 5.48 Å². The van der Waals surface area contributed by atoms with Crippen molar-refractivity contribution in [3.05, 3.63) is 12.5 Å². The van der Waals surface area contributed by atoms with Crippen molar-refractivity contribution in [2.45, 2.75) is 104 Å². The topological polar surface area (TPSA) is 94.3 Å². The third-order valence-corrected chi connectivity index (χ3v) is 11.5. The fraction of sp³-hybridized carbons (Fsp3) is 0.893. The molecule has 4 fully saturated rings. The van der Waals surface area contributed by atoms with Gasteiger partial charge in [-0.1, -0.05) is 34.1 Å². The Morgan fingerprint density at radius 3 is 2.50 bits per heavy atom. The van der Waals surface area contributed by atoms with E-state index in [2.05, 4.69) is 44.7 Å². The summed E-state index contributed by atoms with van der Waals surface area (Å²) in [6.07, 6.45) is 7.69. The standard InChI is InChI=1S/C28H46N2O4/c1-6-18-20-13-17(31)9-11-27(20,4)19-10-12-28(5)21(24(19)26(18)33)14-22(32)25(28)15(2)7-8-23-29-16(3)34-30-23/h15,17-22,24-26,31-33H,3,6-14H2,1-2,4-5H3,(H,29,30)/t15-,17-,18-,19?,20+,21+,22+,24-,25+,26-,27-,28+/m1/s1. The quantitative estimate of drug-likeness (QED) is 0.474. The minimum absolute atomic E-state index is 0.0433. The van der Waals surface area contributed by atoms with Gasteiger partial charge < -0.3 is 20.2 Å². The Morgan fingerprint density at radius 2 is 1.82 bits per heavy atom. The van der Waals surface area contributed by atoms with Crippen LogP contribution in [0.3, 0.4) is 0 Å². The van der Waals surface area contributed by atoms with Crippen molar-refractivity contribution in [1.29, 1.82) is 0 Å². The first-order valence-electron chi connectivity index (χ1n) is 13.8. The van der Waals surface area contributed by atoms with E-state index in [0.717, 1.165) is 63.6 Å². The Hall–Kier alpha value is -1.11. The molecular formula is C28H46N2O4. The Labute approximate surface area is 205 Å². The van der Waals surface area contributed by atoms with Gasteiger partial charge in [-0.3, -0.25) is 0 Å². The molecule has 0 aromatic carbocycles. The van der Waals surface area contributed by atoms with Gasteiger partial charge in [-0.15, -0.1) is 0 Å². The van der Waals surface area contributed by atoms with E-state index in [1.165, 1.54) is 0 Å². The molecule has 4 aliphatic carbocycles. The van der Waals surface area contributed by atoms with Crippen LogP contribution in [-0.2, 0) is 4.84 Å². The number of hydroxylamine groups is 1. The van der Waals surface area contributed by atoms with Crippen LogP contribution in [0.4, 0.5) is 0 Å². The lowest BCUT2D eigenvalue weighted by Gasteiger charge is -2.64. The Bertz CT molecular complexity index is 831. The third-order valence-electron chi connectivity index (χ3n) is 11.5. The van der Waals surface area contributed by atoms with Crippen LogP contribution in [-0.4, -0.2) is 39.5 Å². The van der Waals surface area contributed by atoms with Crippen LogP contribution in [0.5, 0.6) is 0 Å². The third kappa shape index (κ3) is 3.66. The molecule has 4 saturated carbocycles.